The Balaban J connectivity index is 1.28. The standard InChI is InChI=1S/C52H28B2F18S/c1-51(2,3)27-33(55)37(59)29(38(60)34(27)56)53(31-41(63)45(67)49(71)46(68)42(31)64)18-11-10-17-14-23-20-13-12-19(16-25(20)73-24-9-7-8-21(26(23)24)22(17)15-18)54(32-43(65)47(69)50(72)48(70)44(32)66)30-39(61)35(57)28(52(4,5)6)36(58)40(30)62/h7-16H,1-6H3. The molecule has 9 rings (SSSR count). The average Bonchev–Trinajstić information content (AvgIpc) is 3.33. The van der Waals surface area contributed by atoms with Crippen molar-refractivity contribution < 1.29 is 79.0 Å². The van der Waals surface area contributed by atoms with E-state index in [9.17, 15) is 26.3 Å². The summed E-state index contributed by atoms with van der Waals surface area (Å²) < 4.78 is 280. The Morgan fingerprint density at radius 1 is 0.329 bits per heavy atom. The topological polar surface area (TPSA) is 0 Å². The Morgan fingerprint density at radius 3 is 1.08 bits per heavy atom. The Morgan fingerprint density at radius 2 is 0.685 bits per heavy atom. The molecule has 0 amide bonds. The quantitative estimate of drug-likeness (QED) is 0.0526. The van der Waals surface area contributed by atoms with Gasteiger partial charge in [-0.3, -0.25) is 0 Å². The van der Waals surface area contributed by atoms with Gasteiger partial charge in [-0.2, -0.15) is 0 Å². The lowest BCUT2D eigenvalue weighted by atomic mass is 9.36. The minimum Gasteiger partial charge on any atom is -0.204 e. The van der Waals surface area contributed by atoms with Crippen molar-refractivity contribution in [2.75, 3.05) is 0 Å². The number of fused-ring (bicyclic) bond motifs is 4. The molecule has 8 aromatic rings. The van der Waals surface area contributed by atoms with E-state index in [2.05, 4.69) is 0 Å². The van der Waals surface area contributed by atoms with Gasteiger partial charge in [-0.25, -0.2) is 79.0 Å². The maximum Gasteiger partial charge on any atom is 0.257 e. The molecule has 0 nitrogen and oxygen atoms in total. The third-order valence-corrected chi connectivity index (χ3v) is 14.0. The van der Waals surface area contributed by atoms with E-state index in [4.69, 9.17) is 0 Å². The first-order valence-corrected chi connectivity index (χ1v) is 22.4. The van der Waals surface area contributed by atoms with Gasteiger partial charge >= 0.3 is 0 Å². The molecule has 374 valence electrons. The number of halogens is 18. The molecule has 0 aromatic heterocycles. The summed E-state index contributed by atoms with van der Waals surface area (Å²) in [6, 6.07) is 12.2. The van der Waals surface area contributed by atoms with Crippen LogP contribution in [0.2, 0.25) is 0 Å². The first-order chi connectivity index (χ1) is 34.0. The summed E-state index contributed by atoms with van der Waals surface area (Å²) in [6.07, 6.45) is 0. The first-order valence-electron chi connectivity index (χ1n) is 21.6. The molecule has 0 saturated carbocycles. The van der Waals surface area contributed by atoms with Crippen molar-refractivity contribution in [2.24, 2.45) is 0 Å². The SMILES string of the molecule is CC(C)(C)c1c(F)c(F)c(B(c2ccc3c(c2)Sc2cccc4c2c-3cc2ccc(B(c3c(F)c(F)c(F)c(F)c3F)c3c(F)c(F)c(C(C)(C)C)c(F)c3F)cc24)c2c(F)c(F)c(F)c(F)c2F)c(F)c1F. The minimum atomic E-state index is -2.77. The summed E-state index contributed by atoms with van der Waals surface area (Å²) in [5.41, 5.74) is -13.5. The van der Waals surface area contributed by atoms with Crippen LogP contribution in [0.1, 0.15) is 52.7 Å². The highest BCUT2D eigenvalue weighted by atomic mass is 32.2. The highest BCUT2D eigenvalue weighted by Gasteiger charge is 2.44. The monoisotopic (exact) mass is 1050 g/mol. The van der Waals surface area contributed by atoms with Gasteiger partial charge < -0.3 is 0 Å². The lowest BCUT2D eigenvalue weighted by Gasteiger charge is -2.26. The Kier molecular flexibility index (Phi) is 12.4. The van der Waals surface area contributed by atoms with Gasteiger partial charge in [0.05, 0.1) is 0 Å². The second kappa shape index (κ2) is 17.6. The van der Waals surface area contributed by atoms with Gasteiger partial charge in [0, 0.05) is 48.2 Å². The Hall–Kier alpha value is -6.50. The molecule has 73 heavy (non-hydrogen) atoms. The van der Waals surface area contributed by atoms with E-state index in [1.165, 1.54) is 77.9 Å². The maximum atomic E-state index is 16.3. The predicted molar refractivity (Wildman–Crippen MR) is 243 cm³/mol. The first kappa shape index (κ1) is 51.4. The molecular formula is C52H28B2F18S. The fraction of sp³-hybridized carbons (Fsp3) is 0.154. The molecule has 0 radical (unpaired) electrons. The van der Waals surface area contributed by atoms with Crippen molar-refractivity contribution >= 4 is 79.5 Å². The lowest BCUT2D eigenvalue weighted by Crippen LogP contribution is -2.58. The molecule has 0 fully saturated rings. The minimum absolute atomic E-state index is 0.0563. The molecule has 21 heteroatoms. The molecular weight excluding hydrogens is 1020 g/mol. The Labute approximate surface area is 407 Å². The predicted octanol–water partition coefficient (Wildman–Crippen LogP) is 12.3. The molecule has 1 aliphatic rings. The normalized spacial score (nSPS) is 12.6. The zero-order valence-electron chi connectivity index (χ0n) is 38.1. The van der Waals surface area contributed by atoms with Gasteiger partial charge in [0.2, 0.25) is 0 Å². The van der Waals surface area contributed by atoms with Gasteiger partial charge in [-0.05, 0) is 50.2 Å². The van der Waals surface area contributed by atoms with Crippen LogP contribution in [0.3, 0.4) is 0 Å². The molecule has 0 N–H and O–H groups in total. The molecule has 0 bridgehead atoms. The van der Waals surface area contributed by atoms with Crippen molar-refractivity contribution in [3.05, 3.63) is 177 Å². The van der Waals surface area contributed by atoms with Crippen LogP contribution in [0, 0.1) is 105 Å². The zero-order chi connectivity index (χ0) is 53.6. The number of benzene rings is 8. The third-order valence-electron chi connectivity index (χ3n) is 12.9. The van der Waals surface area contributed by atoms with Crippen LogP contribution in [-0.2, 0) is 10.8 Å². The average molecular weight is 1050 g/mol. The smallest absolute Gasteiger partial charge is 0.204 e. The summed E-state index contributed by atoms with van der Waals surface area (Å²) in [7, 11) is 0. The summed E-state index contributed by atoms with van der Waals surface area (Å²) in [5.74, 6) is -42.6. The molecule has 8 aromatic carbocycles. The second-order valence-electron chi connectivity index (χ2n) is 19.4. The molecule has 0 unspecified atom stereocenters. The third kappa shape index (κ3) is 7.68. The van der Waals surface area contributed by atoms with Crippen LogP contribution >= 0.6 is 11.8 Å². The molecule has 1 heterocycles. The van der Waals surface area contributed by atoms with E-state index in [0.29, 0.717) is 5.39 Å². The van der Waals surface area contributed by atoms with Crippen LogP contribution in [0.5, 0.6) is 0 Å². The Bertz CT molecular complexity index is 3630. The van der Waals surface area contributed by atoms with E-state index < -0.39 is 173 Å². The van der Waals surface area contributed by atoms with Crippen molar-refractivity contribution in [3.63, 3.8) is 0 Å². The van der Waals surface area contributed by atoms with Gasteiger partial charge in [-0.1, -0.05) is 113 Å². The van der Waals surface area contributed by atoms with Gasteiger partial charge in [-0.15, -0.1) is 0 Å². The zero-order valence-corrected chi connectivity index (χ0v) is 39.0. The van der Waals surface area contributed by atoms with E-state index in [-0.39, 0.29) is 37.1 Å². The molecule has 0 atom stereocenters. The number of rotatable bonds is 6. The van der Waals surface area contributed by atoms with Crippen molar-refractivity contribution in [3.8, 4) is 11.1 Å². The van der Waals surface area contributed by atoms with Crippen LogP contribution in [0.25, 0.3) is 32.7 Å². The van der Waals surface area contributed by atoms with Crippen molar-refractivity contribution in [2.45, 2.75) is 62.2 Å². The summed E-state index contributed by atoms with van der Waals surface area (Å²) >= 11 is 0.834. The van der Waals surface area contributed by atoms with Gasteiger partial charge in [0.25, 0.3) is 13.4 Å². The summed E-state index contributed by atoms with van der Waals surface area (Å²) in [5, 5.41) is 0.737. The number of hydrogen-bond donors (Lipinski definition) is 0. The van der Waals surface area contributed by atoms with Gasteiger partial charge in [0.15, 0.2) is 105 Å². The number of hydrogen-bond acceptors (Lipinski definition) is 1. The van der Waals surface area contributed by atoms with Crippen molar-refractivity contribution in [1.82, 2.24) is 0 Å². The van der Waals surface area contributed by atoms with E-state index in [1.54, 1.807) is 0 Å². The molecule has 1 aliphatic heterocycles. The van der Waals surface area contributed by atoms with Crippen LogP contribution in [0.15, 0.2) is 70.5 Å². The van der Waals surface area contributed by atoms with Crippen molar-refractivity contribution in [1.29, 1.82) is 0 Å². The fourth-order valence-electron chi connectivity index (χ4n) is 9.64. The maximum absolute atomic E-state index is 16.3. The molecule has 0 spiro atoms. The van der Waals surface area contributed by atoms with Crippen LogP contribution < -0.4 is 32.8 Å². The molecule has 0 saturated heterocycles. The lowest BCUT2D eigenvalue weighted by molar-refractivity contribution is 0.384. The molecule has 0 aliphatic carbocycles. The largest absolute Gasteiger partial charge is 0.257 e. The summed E-state index contributed by atoms with van der Waals surface area (Å²) in [4.78, 5) is 0.340. The van der Waals surface area contributed by atoms with Gasteiger partial charge in [0.1, 0.15) is 0 Å². The van der Waals surface area contributed by atoms with Crippen LogP contribution in [0.4, 0.5) is 79.0 Å². The fourth-order valence-corrected chi connectivity index (χ4v) is 10.8. The van der Waals surface area contributed by atoms with Crippen LogP contribution in [-0.4, -0.2) is 13.4 Å². The highest BCUT2D eigenvalue weighted by molar-refractivity contribution is 7.99. The highest BCUT2D eigenvalue weighted by Crippen LogP contribution is 2.49. The summed E-state index contributed by atoms with van der Waals surface area (Å²) in [6.45, 7) is 1.60. The van der Waals surface area contributed by atoms with E-state index >= 15 is 52.7 Å². The second-order valence-corrected chi connectivity index (χ2v) is 20.4. The van der Waals surface area contributed by atoms with E-state index in [0.717, 1.165) is 36.0 Å². The van der Waals surface area contributed by atoms with E-state index in [1.807, 2.05) is 0 Å².